The minimum atomic E-state index is -3.90. The molecule has 1 aliphatic rings. The molecule has 0 aliphatic carbocycles. The lowest BCUT2D eigenvalue weighted by molar-refractivity contribution is -0.384. The SMILES string of the molecule is O=[N+]([O-])c1cc(S(=O)(=O)N2CCCC2)ccc1N/N=C/c1ccc(OC(F)F)cc1OC(F)F. The molecule has 2 aromatic carbocycles. The van der Waals surface area contributed by atoms with E-state index >= 15 is 0 Å². The first-order chi connectivity index (χ1) is 16.1. The first kappa shape index (κ1) is 25.2. The van der Waals surface area contributed by atoms with Gasteiger partial charge >= 0.3 is 13.2 Å². The first-order valence-corrected chi connectivity index (χ1v) is 11.1. The van der Waals surface area contributed by atoms with Crippen LogP contribution in [-0.2, 0) is 10.0 Å². The van der Waals surface area contributed by atoms with Gasteiger partial charge in [0.2, 0.25) is 10.0 Å². The maximum atomic E-state index is 12.7. The topological polar surface area (TPSA) is 123 Å². The Bertz CT molecular complexity index is 1170. The van der Waals surface area contributed by atoms with Crippen LogP contribution in [-0.4, -0.2) is 50.2 Å². The third-order valence-corrected chi connectivity index (χ3v) is 6.58. The Morgan fingerprint density at radius 3 is 2.35 bits per heavy atom. The van der Waals surface area contributed by atoms with Crippen molar-refractivity contribution < 1.29 is 40.4 Å². The van der Waals surface area contributed by atoms with Gasteiger partial charge in [0.15, 0.2) is 0 Å². The predicted octanol–water partition coefficient (Wildman–Crippen LogP) is 4.03. The molecule has 0 spiro atoms. The van der Waals surface area contributed by atoms with E-state index in [0.717, 1.165) is 36.5 Å². The highest BCUT2D eigenvalue weighted by molar-refractivity contribution is 7.89. The quantitative estimate of drug-likeness (QED) is 0.223. The summed E-state index contributed by atoms with van der Waals surface area (Å²) in [6.07, 6.45) is 2.35. The Morgan fingerprint density at radius 1 is 1.06 bits per heavy atom. The minimum absolute atomic E-state index is 0.0784. The van der Waals surface area contributed by atoms with Gasteiger partial charge in [0.05, 0.1) is 16.0 Å². The summed E-state index contributed by atoms with van der Waals surface area (Å²) in [7, 11) is -3.90. The Morgan fingerprint density at radius 2 is 1.74 bits per heavy atom. The molecule has 0 atom stereocenters. The Balaban J connectivity index is 1.84. The van der Waals surface area contributed by atoms with Gasteiger partial charge in [-0.05, 0) is 37.1 Å². The summed E-state index contributed by atoms with van der Waals surface area (Å²) in [6.45, 7) is -5.80. The molecular formula is C19H18F4N4O6S. The third-order valence-electron chi connectivity index (χ3n) is 4.68. The fourth-order valence-corrected chi connectivity index (χ4v) is 4.70. The van der Waals surface area contributed by atoms with Crippen LogP contribution in [0.1, 0.15) is 18.4 Å². The number of anilines is 1. The average molecular weight is 506 g/mol. The van der Waals surface area contributed by atoms with E-state index < -0.39 is 45.4 Å². The third kappa shape index (κ3) is 6.11. The largest absolute Gasteiger partial charge is 0.435 e. The van der Waals surface area contributed by atoms with E-state index in [9.17, 15) is 36.1 Å². The second kappa shape index (κ2) is 10.6. The summed E-state index contributed by atoms with van der Waals surface area (Å²) in [5.74, 6) is -0.957. The molecule has 10 nitrogen and oxygen atoms in total. The van der Waals surface area contributed by atoms with Crippen molar-refractivity contribution in [2.75, 3.05) is 18.5 Å². The van der Waals surface area contributed by atoms with E-state index in [1.807, 2.05) is 0 Å². The van der Waals surface area contributed by atoms with Crippen LogP contribution in [0.3, 0.4) is 0 Å². The summed E-state index contributed by atoms with van der Waals surface area (Å²) in [4.78, 5) is 10.4. The van der Waals surface area contributed by atoms with Gasteiger partial charge in [-0.15, -0.1) is 0 Å². The van der Waals surface area contributed by atoms with Gasteiger partial charge in [-0.2, -0.15) is 27.0 Å². The molecule has 1 fully saturated rings. The minimum Gasteiger partial charge on any atom is -0.435 e. The fraction of sp³-hybridized carbons (Fsp3) is 0.316. The first-order valence-electron chi connectivity index (χ1n) is 9.69. The van der Waals surface area contributed by atoms with Gasteiger partial charge in [0, 0.05) is 30.8 Å². The Hall–Kier alpha value is -3.46. The van der Waals surface area contributed by atoms with Crippen LogP contribution in [0.15, 0.2) is 46.4 Å². The zero-order valence-electron chi connectivity index (χ0n) is 17.2. The monoisotopic (exact) mass is 506 g/mol. The number of halogens is 4. The molecule has 0 bridgehead atoms. The molecule has 1 saturated heterocycles. The van der Waals surface area contributed by atoms with Crippen molar-refractivity contribution in [1.29, 1.82) is 0 Å². The van der Waals surface area contributed by atoms with Crippen LogP contribution in [0, 0.1) is 10.1 Å². The molecule has 1 heterocycles. The number of rotatable bonds is 10. The lowest BCUT2D eigenvalue weighted by Gasteiger charge is -2.15. The van der Waals surface area contributed by atoms with Crippen LogP contribution in [0.2, 0.25) is 0 Å². The van der Waals surface area contributed by atoms with E-state index in [1.165, 1.54) is 10.4 Å². The molecular weight excluding hydrogens is 488 g/mol. The van der Waals surface area contributed by atoms with Crippen molar-refractivity contribution in [2.24, 2.45) is 5.10 Å². The summed E-state index contributed by atoms with van der Waals surface area (Å²) in [6, 6.07) is 6.20. The average Bonchev–Trinajstić information content (AvgIpc) is 3.30. The highest BCUT2D eigenvalue weighted by atomic mass is 32.2. The molecule has 0 unspecified atom stereocenters. The molecule has 0 aromatic heterocycles. The summed E-state index contributed by atoms with van der Waals surface area (Å²) >= 11 is 0. The normalized spacial score (nSPS) is 14.8. The molecule has 1 aliphatic heterocycles. The van der Waals surface area contributed by atoms with E-state index in [-0.39, 0.29) is 16.1 Å². The number of nitro benzene ring substituents is 1. The van der Waals surface area contributed by atoms with E-state index in [1.54, 1.807) is 0 Å². The maximum absolute atomic E-state index is 12.7. The number of hydrogen-bond donors (Lipinski definition) is 1. The van der Waals surface area contributed by atoms with E-state index in [2.05, 4.69) is 20.0 Å². The van der Waals surface area contributed by atoms with Crippen LogP contribution in [0.4, 0.5) is 28.9 Å². The number of hydrazone groups is 1. The number of nitro groups is 1. The van der Waals surface area contributed by atoms with Gasteiger partial charge in [-0.25, -0.2) is 8.42 Å². The second-order valence-corrected chi connectivity index (χ2v) is 8.81. The second-order valence-electron chi connectivity index (χ2n) is 6.87. The molecule has 3 rings (SSSR count). The Labute approximate surface area is 191 Å². The van der Waals surface area contributed by atoms with Crippen molar-refractivity contribution in [3.05, 3.63) is 52.1 Å². The highest BCUT2D eigenvalue weighted by Gasteiger charge is 2.29. The number of nitrogens with one attached hydrogen (secondary N) is 1. The van der Waals surface area contributed by atoms with Gasteiger partial charge in [-0.1, -0.05) is 0 Å². The van der Waals surface area contributed by atoms with Gasteiger partial charge in [0.1, 0.15) is 17.2 Å². The van der Waals surface area contributed by atoms with E-state index in [0.29, 0.717) is 25.9 Å². The van der Waals surface area contributed by atoms with Crippen molar-refractivity contribution in [1.82, 2.24) is 4.31 Å². The fourth-order valence-electron chi connectivity index (χ4n) is 3.16. The molecule has 0 amide bonds. The molecule has 2 aromatic rings. The Kier molecular flexibility index (Phi) is 7.88. The van der Waals surface area contributed by atoms with Gasteiger partial charge < -0.3 is 9.47 Å². The van der Waals surface area contributed by atoms with Crippen LogP contribution < -0.4 is 14.9 Å². The number of ether oxygens (including phenoxy) is 2. The molecule has 34 heavy (non-hydrogen) atoms. The molecule has 15 heteroatoms. The number of alkyl halides is 4. The maximum Gasteiger partial charge on any atom is 0.387 e. The van der Waals surface area contributed by atoms with Crippen molar-refractivity contribution in [3.8, 4) is 11.5 Å². The summed E-state index contributed by atoms with van der Waals surface area (Å²) < 4.78 is 85.0. The smallest absolute Gasteiger partial charge is 0.387 e. The molecule has 184 valence electrons. The predicted molar refractivity (Wildman–Crippen MR) is 112 cm³/mol. The van der Waals surface area contributed by atoms with Crippen molar-refractivity contribution in [3.63, 3.8) is 0 Å². The van der Waals surface area contributed by atoms with Crippen molar-refractivity contribution >= 4 is 27.6 Å². The zero-order valence-corrected chi connectivity index (χ0v) is 18.1. The molecule has 0 radical (unpaired) electrons. The zero-order chi connectivity index (χ0) is 24.9. The number of hydrogen-bond acceptors (Lipinski definition) is 8. The van der Waals surface area contributed by atoms with Crippen LogP contribution >= 0.6 is 0 Å². The lowest BCUT2D eigenvalue weighted by Crippen LogP contribution is -2.27. The summed E-state index contributed by atoms with van der Waals surface area (Å²) in [5.41, 5.74) is 1.51. The summed E-state index contributed by atoms with van der Waals surface area (Å²) in [5, 5.41) is 15.2. The molecule has 0 saturated carbocycles. The van der Waals surface area contributed by atoms with Crippen LogP contribution in [0.5, 0.6) is 11.5 Å². The van der Waals surface area contributed by atoms with Gasteiger partial charge in [-0.3, -0.25) is 15.5 Å². The number of benzene rings is 2. The van der Waals surface area contributed by atoms with Gasteiger partial charge in [0.25, 0.3) is 5.69 Å². The number of nitrogens with zero attached hydrogens (tertiary/aromatic N) is 3. The van der Waals surface area contributed by atoms with E-state index in [4.69, 9.17) is 0 Å². The lowest BCUT2D eigenvalue weighted by atomic mass is 10.2. The van der Waals surface area contributed by atoms with Crippen LogP contribution in [0.25, 0.3) is 0 Å². The van der Waals surface area contributed by atoms with Crippen molar-refractivity contribution in [2.45, 2.75) is 31.0 Å². The highest BCUT2D eigenvalue weighted by Crippen LogP contribution is 2.31. The standard InChI is InChI=1S/C19H18F4N4O6S/c20-18(21)32-13-4-3-12(17(9-13)33-19(22)23)11-24-25-15-6-5-14(10-16(15)27(28)29)34(30,31)26-7-1-2-8-26/h3-6,9-11,18-19,25H,1-2,7-8H2/b24-11+. The number of sulfonamides is 1. The molecule has 1 N–H and O–H groups in total.